The summed E-state index contributed by atoms with van der Waals surface area (Å²) in [6, 6.07) is 17.3. The Labute approximate surface area is 221 Å². The molecule has 3 heterocycles. The van der Waals surface area contributed by atoms with Crippen molar-refractivity contribution in [3.63, 3.8) is 0 Å². The van der Waals surface area contributed by atoms with Gasteiger partial charge in [0.15, 0.2) is 6.10 Å². The van der Waals surface area contributed by atoms with Crippen molar-refractivity contribution in [2.45, 2.75) is 32.2 Å². The molecule has 0 saturated carbocycles. The molecule has 10 heteroatoms. The number of hydrogen-bond acceptors (Lipinski definition) is 5. The maximum absolute atomic E-state index is 14.9. The second-order valence-electron chi connectivity index (χ2n) is 9.09. The number of hydrogen-bond donors (Lipinski definition) is 1. The van der Waals surface area contributed by atoms with Crippen LogP contribution in [0.25, 0.3) is 11.1 Å². The summed E-state index contributed by atoms with van der Waals surface area (Å²) in [5.74, 6) is -0.948. The van der Waals surface area contributed by atoms with E-state index in [9.17, 15) is 22.4 Å². The number of carbonyl (C=O) groups is 1. The van der Waals surface area contributed by atoms with Crippen molar-refractivity contribution in [1.82, 2.24) is 15.3 Å². The smallest absolute Gasteiger partial charge is 0.385 e. The predicted octanol–water partition coefficient (Wildman–Crippen LogP) is 6.41. The van der Waals surface area contributed by atoms with E-state index in [1.165, 1.54) is 12.1 Å². The van der Waals surface area contributed by atoms with Crippen LogP contribution in [-0.4, -0.2) is 21.6 Å². The average Bonchev–Trinajstić information content (AvgIpc) is 3.42. The van der Waals surface area contributed by atoms with Crippen LogP contribution in [0.15, 0.2) is 84.3 Å². The molecule has 0 bridgehead atoms. The van der Waals surface area contributed by atoms with Crippen molar-refractivity contribution in [2.24, 2.45) is 5.16 Å². The fourth-order valence-corrected chi connectivity index (χ4v) is 4.18. The number of alkyl halides is 3. The molecule has 1 atom stereocenters. The van der Waals surface area contributed by atoms with E-state index < -0.39 is 29.6 Å². The molecule has 2 aromatic heterocycles. The summed E-state index contributed by atoms with van der Waals surface area (Å²) in [4.78, 5) is 26.8. The Bertz CT molecular complexity index is 1540. The van der Waals surface area contributed by atoms with Crippen molar-refractivity contribution in [3.05, 3.63) is 119 Å². The average molecular weight is 535 g/mol. The summed E-state index contributed by atoms with van der Waals surface area (Å²) in [7, 11) is 0. The van der Waals surface area contributed by atoms with Gasteiger partial charge in [-0.25, -0.2) is 4.39 Å². The number of oxime groups is 1. The Hall–Kier alpha value is -4.60. The number of nitrogens with zero attached hydrogens (tertiary/aromatic N) is 3. The lowest BCUT2D eigenvalue weighted by atomic mass is 9.94. The molecule has 0 radical (unpaired) electrons. The van der Waals surface area contributed by atoms with Crippen molar-refractivity contribution in [3.8, 4) is 11.1 Å². The quantitative estimate of drug-likeness (QED) is 0.290. The lowest BCUT2D eigenvalue weighted by Crippen LogP contribution is -2.24. The first-order valence-electron chi connectivity index (χ1n) is 12.0. The normalized spacial score (nSPS) is 15.0. The van der Waals surface area contributed by atoms with Crippen molar-refractivity contribution in [2.75, 3.05) is 0 Å². The number of benzene rings is 2. The molecule has 1 aliphatic rings. The topological polar surface area (TPSA) is 76.5 Å². The number of rotatable bonds is 6. The van der Waals surface area contributed by atoms with Gasteiger partial charge in [0, 0.05) is 35.5 Å². The zero-order valence-corrected chi connectivity index (χ0v) is 20.7. The van der Waals surface area contributed by atoms with Gasteiger partial charge in [0.25, 0.3) is 5.91 Å². The molecule has 1 aliphatic heterocycles. The summed E-state index contributed by atoms with van der Waals surface area (Å²) in [6.45, 7) is 1.68. The molecule has 5 rings (SSSR count). The van der Waals surface area contributed by atoms with E-state index in [-0.39, 0.29) is 17.8 Å². The van der Waals surface area contributed by atoms with E-state index in [1.807, 2.05) is 12.1 Å². The molecule has 4 aromatic rings. The summed E-state index contributed by atoms with van der Waals surface area (Å²) in [5, 5.41) is 6.88. The highest BCUT2D eigenvalue weighted by molar-refractivity contribution is 6.05. The standard InChI is InChI=1S/C29H22F4N4O2/c1-17-5-8-23(24(30)10-17)18-11-19(26-14-27(39-37-26)25-4-2-3-9-34-25)13-20(12-18)28(38)36-16-22-7-6-21(15-35-22)29(31,32)33/h2-13,15,27H,14,16H2,1H3,(H,36,38). The molecule has 198 valence electrons. The van der Waals surface area contributed by atoms with E-state index in [0.29, 0.717) is 34.5 Å². The second kappa shape index (κ2) is 10.6. The summed E-state index contributed by atoms with van der Waals surface area (Å²) >= 11 is 0. The van der Waals surface area contributed by atoms with Crippen LogP contribution in [0, 0.1) is 12.7 Å². The van der Waals surface area contributed by atoms with Gasteiger partial charge in [-0.3, -0.25) is 14.8 Å². The van der Waals surface area contributed by atoms with Crippen LogP contribution in [0.4, 0.5) is 17.6 Å². The van der Waals surface area contributed by atoms with Gasteiger partial charge < -0.3 is 10.2 Å². The van der Waals surface area contributed by atoms with Gasteiger partial charge in [0.05, 0.1) is 29.2 Å². The number of aryl methyl sites for hydroxylation is 1. The Kier molecular flexibility index (Phi) is 7.10. The third-order valence-corrected chi connectivity index (χ3v) is 6.23. The number of aromatic nitrogens is 2. The van der Waals surface area contributed by atoms with Gasteiger partial charge in [-0.15, -0.1) is 0 Å². The molecule has 0 spiro atoms. The van der Waals surface area contributed by atoms with Crippen molar-refractivity contribution < 1.29 is 27.2 Å². The number of halogens is 4. The molecule has 1 unspecified atom stereocenters. The van der Waals surface area contributed by atoms with E-state index >= 15 is 0 Å². The number of amides is 1. The molecule has 2 aromatic carbocycles. The van der Waals surface area contributed by atoms with Gasteiger partial charge in [-0.2, -0.15) is 13.2 Å². The van der Waals surface area contributed by atoms with Crippen LogP contribution in [0.3, 0.4) is 0 Å². The highest BCUT2D eigenvalue weighted by Crippen LogP contribution is 2.32. The second-order valence-corrected chi connectivity index (χ2v) is 9.09. The number of carbonyl (C=O) groups excluding carboxylic acids is 1. The van der Waals surface area contributed by atoms with E-state index in [2.05, 4.69) is 20.4 Å². The monoisotopic (exact) mass is 534 g/mol. The Morgan fingerprint density at radius 3 is 2.54 bits per heavy atom. The minimum Gasteiger partial charge on any atom is -0.385 e. The van der Waals surface area contributed by atoms with E-state index in [1.54, 1.807) is 49.5 Å². The Balaban J connectivity index is 1.42. The van der Waals surface area contributed by atoms with Crippen LogP contribution < -0.4 is 5.32 Å². The molecule has 0 aliphatic carbocycles. The van der Waals surface area contributed by atoms with Gasteiger partial charge in [-0.1, -0.05) is 23.4 Å². The molecule has 39 heavy (non-hydrogen) atoms. The molecular formula is C29H22F4N4O2. The highest BCUT2D eigenvalue weighted by Gasteiger charge is 2.30. The largest absolute Gasteiger partial charge is 0.417 e. The maximum Gasteiger partial charge on any atom is 0.417 e. The molecule has 0 fully saturated rings. The SMILES string of the molecule is Cc1ccc(-c2cc(C(=O)NCc3ccc(C(F)(F)F)cn3)cc(C3=NOC(c4ccccn4)C3)c2)c(F)c1. The van der Waals surface area contributed by atoms with Crippen LogP contribution in [-0.2, 0) is 17.6 Å². The minimum absolute atomic E-state index is 0.0960. The fraction of sp³-hybridized carbons (Fsp3) is 0.172. The summed E-state index contributed by atoms with van der Waals surface area (Å²) in [5.41, 5.74) is 2.97. The zero-order chi connectivity index (χ0) is 27.6. The molecule has 1 amide bonds. The summed E-state index contributed by atoms with van der Waals surface area (Å²) < 4.78 is 53.3. The minimum atomic E-state index is -4.50. The fourth-order valence-electron chi connectivity index (χ4n) is 4.18. The van der Waals surface area contributed by atoms with Gasteiger partial charge in [-0.05, 0) is 66.6 Å². The molecule has 1 N–H and O–H groups in total. The first-order valence-corrected chi connectivity index (χ1v) is 12.0. The first kappa shape index (κ1) is 26.0. The van der Waals surface area contributed by atoms with E-state index in [0.717, 1.165) is 17.8 Å². The molecule has 0 saturated heterocycles. The predicted molar refractivity (Wildman–Crippen MR) is 136 cm³/mol. The van der Waals surface area contributed by atoms with Gasteiger partial charge in [0.2, 0.25) is 0 Å². The van der Waals surface area contributed by atoms with Gasteiger partial charge in [0.1, 0.15) is 5.82 Å². The lowest BCUT2D eigenvalue weighted by Gasteiger charge is -2.12. The lowest BCUT2D eigenvalue weighted by molar-refractivity contribution is -0.137. The molecule has 6 nitrogen and oxygen atoms in total. The van der Waals surface area contributed by atoms with Crippen LogP contribution in [0.2, 0.25) is 0 Å². The van der Waals surface area contributed by atoms with Crippen molar-refractivity contribution in [1.29, 1.82) is 0 Å². The first-order chi connectivity index (χ1) is 18.7. The van der Waals surface area contributed by atoms with Crippen LogP contribution in [0.5, 0.6) is 0 Å². The van der Waals surface area contributed by atoms with Gasteiger partial charge >= 0.3 is 6.18 Å². The Morgan fingerprint density at radius 2 is 1.85 bits per heavy atom. The molecular weight excluding hydrogens is 512 g/mol. The van der Waals surface area contributed by atoms with Crippen LogP contribution in [0.1, 0.15) is 51.0 Å². The maximum atomic E-state index is 14.9. The third-order valence-electron chi connectivity index (χ3n) is 6.23. The van der Waals surface area contributed by atoms with Crippen molar-refractivity contribution >= 4 is 11.6 Å². The highest BCUT2D eigenvalue weighted by atomic mass is 19.4. The van der Waals surface area contributed by atoms with Crippen LogP contribution >= 0.6 is 0 Å². The van der Waals surface area contributed by atoms with E-state index in [4.69, 9.17) is 4.84 Å². The number of nitrogens with one attached hydrogen (secondary N) is 1. The third kappa shape index (κ3) is 5.95. The zero-order valence-electron chi connectivity index (χ0n) is 20.7. The summed E-state index contributed by atoms with van der Waals surface area (Å²) in [6.07, 6.45) is -2.13. The Morgan fingerprint density at radius 1 is 1.03 bits per heavy atom. The number of pyridine rings is 2.